The van der Waals surface area contributed by atoms with Crippen LogP contribution in [0.4, 0.5) is 6.01 Å². The molecule has 1 aliphatic heterocycles. The molecule has 0 saturated carbocycles. The highest BCUT2D eigenvalue weighted by Crippen LogP contribution is 2.24. The van der Waals surface area contributed by atoms with Crippen LogP contribution in [0.5, 0.6) is 0 Å². The summed E-state index contributed by atoms with van der Waals surface area (Å²) in [4.78, 5) is 19.0. The number of carbonyl (C=O) groups excluding carboxylic acids is 1. The first-order valence-electron chi connectivity index (χ1n) is 8.52. The van der Waals surface area contributed by atoms with Gasteiger partial charge >= 0.3 is 0 Å². The molecule has 1 aromatic carbocycles. The van der Waals surface area contributed by atoms with Crippen LogP contribution in [0.3, 0.4) is 0 Å². The van der Waals surface area contributed by atoms with Gasteiger partial charge in [-0.15, -0.1) is 0 Å². The Balaban J connectivity index is 1.37. The van der Waals surface area contributed by atoms with E-state index in [9.17, 15) is 4.79 Å². The van der Waals surface area contributed by atoms with E-state index in [1.165, 1.54) is 0 Å². The largest absolute Gasteiger partial charge is 0.423 e. The topological polar surface area (TPSA) is 76.2 Å². The summed E-state index contributed by atoms with van der Waals surface area (Å²) in [6.07, 6.45) is 1.71. The van der Waals surface area contributed by atoms with E-state index >= 15 is 0 Å². The third kappa shape index (κ3) is 3.09. The number of anilines is 1. The van der Waals surface area contributed by atoms with Gasteiger partial charge in [-0.3, -0.25) is 9.48 Å². The highest BCUT2D eigenvalue weighted by Gasteiger charge is 2.24. The molecule has 4 rings (SSSR count). The van der Waals surface area contributed by atoms with Crippen LogP contribution in [0.15, 0.2) is 34.7 Å². The number of nitrogens with zero attached hydrogens (tertiary/aromatic N) is 4. The second kappa shape index (κ2) is 6.23. The van der Waals surface area contributed by atoms with E-state index < -0.39 is 0 Å². The maximum absolute atomic E-state index is 12.3. The van der Waals surface area contributed by atoms with Gasteiger partial charge in [-0.25, -0.2) is 0 Å². The van der Waals surface area contributed by atoms with Crippen molar-refractivity contribution in [3.8, 4) is 0 Å². The molecule has 0 radical (unpaired) electrons. The summed E-state index contributed by atoms with van der Waals surface area (Å²) in [5, 5.41) is 7.31. The Bertz CT molecular complexity index is 853. The second-order valence-electron chi connectivity index (χ2n) is 6.49. The molecule has 7 nitrogen and oxygen atoms in total. The van der Waals surface area contributed by atoms with E-state index in [1.54, 1.807) is 4.68 Å². The number of carbonyl (C=O) groups is 1. The molecular formula is C18H21N5O2. The molecule has 0 aliphatic carbocycles. The smallest absolute Gasteiger partial charge is 0.298 e. The van der Waals surface area contributed by atoms with Gasteiger partial charge in [0.2, 0.25) is 0 Å². The quantitative estimate of drug-likeness (QED) is 0.792. The van der Waals surface area contributed by atoms with Crippen molar-refractivity contribution in [2.24, 2.45) is 7.05 Å². The molecule has 3 heterocycles. The van der Waals surface area contributed by atoms with E-state index in [-0.39, 0.29) is 11.9 Å². The molecule has 0 atom stereocenters. The zero-order chi connectivity index (χ0) is 17.4. The summed E-state index contributed by atoms with van der Waals surface area (Å²) in [7, 11) is 1.84. The summed E-state index contributed by atoms with van der Waals surface area (Å²) in [6.45, 7) is 3.54. The van der Waals surface area contributed by atoms with Crippen LogP contribution in [-0.4, -0.2) is 39.8 Å². The van der Waals surface area contributed by atoms with Gasteiger partial charge in [0.25, 0.3) is 11.9 Å². The van der Waals surface area contributed by atoms with Crippen molar-refractivity contribution in [1.29, 1.82) is 0 Å². The predicted molar refractivity (Wildman–Crippen MR) is 94.7 cm³/mol. The fourth-order valence-electron chi connectivity index (χ4n) is 3.14. The van der Waals surface area contributed by atoms with Crippen molar-refractivity contribution in [2.75, 3.05) is 18.0 Å². The average molecular weight is 339 g/mol. The lowest BCUT2D eigenvalue weighted by Gasteiger charge is -2.31. The summed E-state index contributed by atoms with van der Waals surface area (Å²) in [5.74, 6) is -0.107. The van der Waals surface area contributed by atoms with E-state index in [0.717, 1.165) is 42.7 Å². The Kier molecular flexibility index (Phi) is 3.91. The summed E-state index contributed by atoms with van der Waals surface area (Å²) >= 11 is 0. The van der Waals surface area contributed by atoms with Crippen LogP contribution in [0, 0.1) is 6.92 Å². The maximum atomic E-state index is 12.3. The van der Waals surface area contributed by atoms with Gasteiger partial charge in [-0.05, 0) is 38.0 Å². The molecule has 1 fully saturated rings. The molecule has 130 valence electrons. The number of hydrogen-bond acceptors (Lipinski definition) is 5. The standard InChI is InChI=1S/C18H21N5O2/c1-12-11-15(21-22(12)2)17(24)19-13-7-9-23(10-8-13)18-20-14-5-3-4-6-16(14)25-18/h3-6,11,13H,7-10H2,1-2H3,(H,19,24). The Morgan fingerprint density at radius 3 is 2.72 bits per heavy atom. The predicted octanol–water partition coefficient (Wildman–Crippen LogP) is 2.27. The van der Waals surface area contributed by atoms with Crippen LogP contribution in [0.1, 0.15) is 29.0 Å². The third-order valence-electron chi connectivity index (χ3n) is 4.73. The first-order valence-corrected chi connectivity index (χ1v) is 8.52. The minimum absolute atomic E-state index is 0.107. The number of para-hydroxylation sites is 2. The Morgan fingerprint density at radius 2 is 2.04 bits per heavy atom. The summed E-state index contributed by atoms with van der Waals surface area (Å²) < 4.78 is 7.54. The number of amides is 1. The molecule has 1 N–H and O–H groups in total. The number of hydrogen-bond donors (Lipinski definition) is 1. The molecular weight excluding hydrogens is 318 g/mol. The molecule has 7 heteroatoms. The van der Waals surface area contributed by atoms with Crippen molar-refractivity contribution in [3.05, 3.63) is 41.7 Å². The number of piperidine rings is 1. The molecule has 1 saturated heterocycles. The molecule has 1 aliphatic rings. The van der Waals surface area contributed by atoms with Gasteiger partial charge < -0.3 is 14.6 Å². The average Bonchev–Trinajstić information content (AvgIpc) is 3.19. The zero-order valence-corrected chi connectivity index (χ0v) is 14.4. The molecule has 0 bridgehead atoms. The number of aryl methyl sites for hydroxylation is 2. The second-order valence-corrected chi connectivity index (χ2v) is 6.49. The van der Waals surface area contributed by atoms with Crippen molar-refractivity contribution in [2.45, 2.75) is 25.8 Å². The monoisotopic (exact) mass is 339 g/mol. The Hall–Kier alpha value is -2.83. The van der Waals surface area contributed by atoms with Gasteiger partial charge in [0.1, 0.15) is 11.2 Å². The Labute approximate surface area is 145 Å². The van der Waals surface area contributed by atoms with Crippen LogP contribution in [-0.2, 0) is 7.05 Å². The lowest BCUT2D eigenvalue weighted by Crippen LogP contribution is -2.45. The van der Waals surface area contributed by atoms with Gasteiger partial charge in [-0.2, -0.15) is 10.1 Å². The van der Waals surface area contributed by atoms with Crippen LogP contribution < -0.4 is 10.2 Å². The SMILES string of the molecule is Cc1cc(C(=O)NC2CCN(c3nc4ccccc4o3)CC2)nn1C. The number of rotatable bonds is 3. The van der Waals surface area contributed by atoms with Crippen molar-refractivity contribution >= 4 is 23.0 Å². The molecule has 0 unspecified atom stereocenters. The van der Waals surface area contributed by atoms with E-state index in [0.29, 0.717) is 11.7 Å². The normalized spacial score (nSPS) is 15.7. The number of oxazole rings is 1. The number of benzene rings is 1. The van der Waals surface area contributed by atoms with Crippen LogP contribution in [0.2, 0.25) is 0 Å². The van der Waals surface area contributed by atoms with E-state index in [1.807, 2.05) is 44.3 Å². The zero-order valence-electron chi connectivity index (χ0n) is 14.4. The van der Waals surface area contributed by atoms with E-state index in [2.05, 4.69) is 20.3 Å². The molecule has 2 aromatic heterocycles. The fourth-order valence-corrected chi connectivity index (χ4v) is 3.14. The minimum atomic E-state index is -0.107. The third-order valence-corrected chi connectivity index (χ3v) is 4.73. The van der Waals surface area contributed by atoms with E-state index in [4.69, 9.17) is 4.42 Å². The maximum Gasteiger partial charge on any atom is 0.298 e. The lowest BCUT2D eigenvalue weighted by molar-refractivity contribution is 0.0925. The fraction of sp³-hybridized carbons (Fsp3) is 0.389. The van der Waals surface area contributed by atoms with Crippen molar-refractivity contribution < 1.29 is 9.21 Å². The van der Waals surface area contributed by atoms with Crippen molar-refractivity contribution in [1.82, 2.24) is 20.1 Å². The highest BCUT2D eigenvalue weighted by molar-refractivity contribution is 5.92. The highest BCUT2D eigenvalue weighted by atomic mass is 16.4. The van der Waals surface area contributed by atoms with Gasteiger partial charge in [0, 0.05) is 31.9 Å². The minimum Gasteiger partial charge on any atom is -0.423 e. The van der Waals surface area contributed by atoms with Crippen LogP contribution in [0.25, 0.3) is 11.1 Å². The summed E-state index contributed by atoms with van der Waals surface area (Å²) in [6, 6.07) is 10.4. The first-order chi connectivity index (χ1) is 12.1. The first kappa shape index (κ1) is 15.7. The number of aromatic nitrogens is 3. The van der Waals surface area contributed by atoms with Gasteiger partial charge in [0.05, 0.1) is 0 Å². The summed E-state index contributed by atoms with van der Waals surface area (Å²) in [5.41, 5.74) is 3.12. The van der Waals surface area contributed by atoms with Gasteiger partial charge in [0.15, 0.2) is 5.58 Å². The molecule has 25 heavy (non-hydrogen) atoms. The van der Waals surface area contributed by atoms with Crippen LogP contribution >= 0.6 is 0 Å². The molecule has 0 spiro atoms. The Morgan fingerprint density at radius 1 is 1.28 bits per heavy atom. The molecule has 1 amide bonds. The lowest BCUT2D eigenvalue weighted by atomic mass is 10.1. The number of nitrogens with one attached hydrogen (secondary N) is 1. The molecule has 3 aromatic rings. The number of fused-ring (bicyclic) bond motifs is 1. The van der Waals surface area contributed by atoms with Gasteiger partial charge in [-0.1, -0.05) is 12.1 Å². The van der Waals surface area contributed by atoms with Crippen molar-refractivity contribution in [3.63, 3.8) is 0 Å².